The minimum Gasteiger partial charge on any atom is -0.340 e. The Bertz CT molecular complexity index is 607. The first-order valence-electron chi connectivity index (χ1n) is 7.16. The monoisotopic (exact) mass is 292 g/mol. The number of aromatic nitrogens is 1. The maximum atomic E-state index is 12.8. The lowest BCUT2D eigenvalue weighted by molar-refractivity contribution is -0.384. The molecule has 7 nitrogen and oxygen atoms in total. The van der Waals surface area contributed by atoms with Crippen LogP contribution in [0.1, 0.15) is 24.3 Å². The number of hydrogen-bond acceptors (Lipinski definition) is 4. The summed E-state index contributed by atoms with van der Waals surface area (Å²) in [6, 6.07) is 1.37. The van der Waals surface area contributed by atoms with Gasteiger partial charge < -0.3 is 14.8 Å². The van der Waals surface area contributed by atoms with Gasteiger partial charge in [-0.25, -0.2) is 0 Å². The van der Waals surface area contributed by atoms with Crippen molar-refractivity contribution in [1.29, 1.82) is 0 Å². The van der Waals surface area contributed by atoms with Gasteiger partial charge in [-0.2, -0.15) is 0 Å². The Morgan fingerprint density at radius 1 is 1.48 bits per heavy atom. The van der Waals surface area contributed by atoms with E-state index >= 15 is 0 Å². The molecule has 2 unspecified atom stereocenters. The van der Waals surface area contributed by atoms with Crippen molar-refractivity contribution in [3.63, 3.8) is 0 Å². The molecular weight excluding hydrogens is 272 g/mol. The number of nitro groups is 1. The van der Waals surface area contributed by atoms with Crippen LogP contribution < -0.4 is 5.32 Å². The highest BCUT2D eigenvalue weighted by molar-refractivity contribution is 5.94. The van der Waals surface area contributed by atoms with Crippen molar-refractivity contribution in [3.8, 4) is 0 Å². The van der Waals surface area contributed by atoms with E-state index in [4.69, 9.17) is 0 Å². The van der Waals surface area contributed by atoms with Gasteiger partial charge in [-0.3, -0.25) is 14.9 Å². The van der Waals surface area contributed by atoms with Gasteiger partial charge in [0.1, 0.15) is 5.69 Å². The fourth-order valence-electron chi connectivity index (χ4n) is 3.76. The number of likely N-dealkylation sites (tertiary alicyclic amines) is 1. The molecule has 0 spiro atoms. The molecule has 2 aliphatic rings. The smallest absolute Gasteiger partial charge is 0.287 e. The Morgan fingerprint density at radius 2 is 2.19 bits per heavy atom. The zero-order chi connectivity index (χ0) is 15.4. The van der Waals surface area contributed by atoms with Gasteiger partial charge in [-0.15, -0.1) is 0 Å². The second-order valence-electron chi connectivity index (χ2n) is 6.55. The molecule has 0 aromatic carbocycles. The molecule has 1 aromatic heterocycles. The highest BCUT2D eigenvalue weighted by Gasteiger charge is 2.51. The van der Waals surface area contributed by atoms with Gasteiger partial charge in [0, 0.05) is 38.3 Å². The number of hydrogen-bond donors (Lipinski definition) is 1. The first-order valence-corrected chi connectivity index (χ1v) is 7.16. The summed E-state index contributed by atoms with van der Waals surface area (Å²) < 4.78 is 1.54. The average molecular weight is 292 g/mol. The summed E-state index contributed by atoms with van der Waals surface area (Å²) in [4.78, 5) is 25.1. The van der Waals surface area contributed by atoms with Crippen molar-refractivity contribution >= 4 is 11.6 Å². The van der Waals surface area contributed by atoms with Crippen LogP contribution in [0.5, 0.6) is 0 Å². The third-order valence-corrected chi connectivity index (χ3v) is 5.03. The first kappa shape index (κ1) is 14.1. The third kappa shape index (κ3) is 2.03. The SMILES string of the molecule is Cn1cc([N+](=O)[O-])cc1C(=O)N1CC2CNCC2C1(C)C. The molecule has 7 heteroatoms. The Kier molecular flexibility index (Phi) is 3.05. The summed E-state index contributed by atoms with van der Waals surface area (Å²) in [6.45, 7) is 6.74. The molecular formula is C14H20N4O3. The van der Waals surface area contributed by atoms with E-state index < -0.39 is 4.92 Å². The Hall–Kier alpha value is -1.89. The highest BCUT2D eigenvalue weighted by Crippen LogP contribution is 2.41. The van der Waals surface area contributed by atoms with E-state index in [1.807, 2.05) is 4.90 Å². The van der Waals surface area contributed by atoms with Crippen molar-refractivity contribution in [2.75, 3.05) is 19.6 Å². The number of carbonyl (C=O) groups excluding carboxylic acids is 1. The van der Waals surface area contributed by atoms with Crippen LogP contribution in [0, 0.1) is 22.0 Å². The van der Waals surface area contributed by atoms with E-state index in [1.54, 1.807) is 11.6 Å². The van der Waals surface area contributed by atoms with Crippen LogP contribution in [0.2, 0.25) is 0 Å². The molecule has 2 saturated heterocycles. The lowest BCUT2D eigenvalue weighted by Crippen LogP contribution is -2.48. The van der Waals surface area contributed by atoms with E-state index in [9.17, 15) is 14.9 Å². The quantitative estimate of drug-likeness (QED) is 0.651. The minimum atomic E-state index is -0.468. The van der Waals surface area contributed by atoms with Crippen molar-refractivity contribution in [1.82, 2.24) is 14.8 Å². The number of amides is 1. The summed E-state index contributed by atoms with van der Waals surface area (Å²) in [6.07, 6.45) is 1.39. The van der Waals surface area contributed by atoms with Crippen LogP contribution in [-0.2, 0) is 7.05 Å². The van der Waals surface area contributed by atoms with Crippen LogP contribution in [0.25, 0.3) is 0 Å². The van der Waals surface area contributed by atoms with Crippen molar-refractivity contribution < 1.29 is 9.72 Å². The summed E-state index contributed by atoms with van der Waals surface area (Å²) in [5, 5.41) is 14.2. The van der Waals surface area contributed by atoms with Crippen molar-refractivity contribution in [2.24, 2.45) is 18.9 Å². The average Bonchev–Trinajstić information content (AvgIpc) is 3.05. The molecule has 0 radical (unpaired) electrons. The summed E-state index contributed by atoms with van der Waals surface area (Å²) in [5.74, 6) is 0.793. The number of fused-ring (bicyclic) bond motifs is 1. The molecule has 1 amide bonds. The van der Waals surface area contributed by atoms with E-state index in [-0.39, 0.29) is 17.1 Å². The van der Waals surface area contributed by atoms with Gasteiger partial charge in [0.15, 0.2) is 0 Å². The molecule has 1 aromatic rings. The van der Waals surface area contributed by atoms with E-state index in [0.29, 0.717) is 24.1 Å². The predicted octanol–water partition coefficient (Wildman–Crippen LogP) is 1.00. The standard InChI is InChI=1S/C14H20N4O3/c1-14(2)11-6-15-5-9(11)7-17(14)13(19)12-4-10(18(20)21)8-16(12)3/h4,8-9,11,15H,5-7H2,1-3H3. The number of nitrogens with one attached hydrogen (secondary N) is 1. The summed E-state index contributed by atoms with van der Waals surface area (Å²) >= 11 is 0. The van der Waals surface area contributed by atoms with Crippen LogP contribution in [0.3, 0.4) is 0 Å². The fourth-order valence-corrected chi connectivity index (χ4v) is 3.76. The Labute approximate surface area is 123 Å². The molecule has 2 fully saturated rings. The number of rotatable bonds is 2. The predicted molar refractivity (Wildman–Crippen MR) is 77.0 cm³/mol. The van der Waals surface area contributed by atoms with Crippen LogP contribution in [-0.4, -0.2) is 45.5 Å². The molecule has 0 aliphatic carbocycles. The minimum absolute atomic E-state index is 0.0419. The van der Waals surface area contributed by atoms with Crippen LogP contribution in [0.15, 0.2) is 12.3 Å². The summed E-state index contributed by atoms with van der Waals surface area (Å²) in [7, 11) is 1.67. The van der Waals surface area contributed by atoms with E-state index in [2.05, 4.69) is 19.2 Å². The highest BCUT2D eigenvalue weighted by atomic mass is 16.6. The molecule has 114 valence electrons. The molecule has 2 aliphatic heterocycles. The molecule has 3 rings (SSSR count). The summed E-state index contributed by atoms with van der Waals surface area (Å²) in [5.41, 5.74) is 0.104. The van der Waals surface area contributed by atoms with Gasteiger partial charge >= 0.3 is 0 Å². The third-order valence-electron chi connectivity index (χ3n) is 5.03. The lowest BCUT2D eigenvalue weighted by atomic mass is 9.85. The second kappa shape index (κ2) is 4.56. The zero-order valence-electron chi connectivity index (χ0n) is 12.5. The van der Waals surface area contributed by atoms with Crippen molar-refractivity contribution in [3.05, 3.63) is 28.1 Å². The van der Waals surface area contributed by atoms with E-state index in [0.717, 1.165) is 13.1 Å². The van der Waals surface area contributed by atoms with Crippen molar-refractivity contribution in [2.45, 2.75) is 19.4 Å². The van der Waals surface area contributed by atoms with Gasteiger partial charge in [-0.1, -0.05) is 0 Å². The van der Waals surface area contributed by atoms with Gasteiger partial charge in [-0.05, 0) is 25.7 Å². The largest absolute Gasteiger partial charge is 0.340 e. The van der Waals surface area contributed by atoms with Gasteiger partial charge in [0.05, 0.1) is 11.1 Å². The first-order chi connectivity index (χ1) is 9.82. The molecule has 3 heterocycles. The van der Waals surface area contributed by atoms with Crippen LogP contribution >= 0.6 is 0 Å². The second-order valence-corrected chi connectivity index (χ2v) is 6.55. The maximum Gasteiger partial charge on any atom is 0.287 e. The number of aryl methyl sites for hydroxylation is 1. The van der Waals surface area contributed by atoms with Gasteiger partial charge in [0.25, 0.3) is 11.6 Å². The lowest BCUT2D eigenvalue weighted by Gasteiger charge is -2.35. The number of carbonyl (C=O) groups is 1. The molecule has 1 N–H and O–H groups in total. The fraction of sp³-hybridized carbons (Fsp3) is 0.643. The molecule has 21 heavy (non-hydrogen) atoms. The Morgan fingerprint density at radius 3 is 2.76 bits per heavy atom. The normalized spacial score (nSPS) is 26.9. The Balaban J connectivity index is 1.91. The van der Waals surface area contributed by atoms with Gasteiger partial charge in [0.2, 0.25) is 0 Å². The van der Waals surface area contributed by atoms with Crippen LogP contribution in [0.4, 0.5) is 5.69 Å². The van der Waals surface area contributed by atoms with E-state index in [1.165, 1.54) is 12.3 Å². The maximum absolute atomic E-state index is 12.8. The zero-order valence-corrected chi connectivity index (χ0v) is 12.5. The topological polar surface area (TPSA) is 80.4 Å². The molecule has 0 saturated carbocycles. The molecule has 2 atom stereocenters. The number of nitrogens with zero attached hydrogens (tertiary/aromatic N) is 3. The molecule has 0 bridgehead atoms.